The Labute approximate surface area is 335 Å². The lowest BCUT2D eigenvalue weighted by Gasteiger charge is -2.21. The Hall–Kier alpha value is -7.48. The molecular weight excluding hydrogens is 734 g/mol. The molecule has 12 aromatic rings. The molecule has 0 unspecified atom stereocenters. The third-order valence-electron chi connectivity index (χ3n) is 11.2. The van der Waals surface area contributed by atoms with Gasteiger partial charge in [-0.1, -0.05) is 152 Å². The highest BCUT2D eigenvalue weighted by atomic mass is 32.1. The van der Waals surface area contributed by atoms with Gasteiger partial charge in [-0.15, -0.1) is 11.3 Å². The normalized spacial score (nSPS) is 11.9. The number of fused-ring (bicyclic) bond motifs is 9. The topological polar surface area (TPSA) is 48.5 Å². The summed E-state index contributed by atoms with van der Waals surface area (Å²) < 4.78 is 25.5. The van der Waals surface area contributed by atoms with Gasteiger partial charge in [0.15, 0.2) is 23.3 Å². The van der Waals surface area contributed by atoms with Crippen molar-refractivity contribution in [1.82, 2.24) is 24.1 Å². The first-order chi connectivity index (χ1) is 28.7. The molecule has 4 aromatic heterocycles. The van der Waals surface area contributed by atoms with Crippen LogP contribution < -0.4 is 0 Å². The fraction of sp³-hybridized carbons (Fsp3) is 0. The summed E-state index contributed by atoms with van der Waals surface area (Å²) >= 11 is 1.62. The number of rotatable bonds is 5. The van der Waals surface area contributed by atoms with Gasteiger partial charge in [-0.2, -0.15) is 0 Å². The second-order valence-corrected chi connectivity index (χ2v) is 15.5. The maximum absolute atomic E-state index is 19.2. The van der Waals surface area contributed by atoms with Gasteiger partial charge in [-0.25, -0.2) is 19.3 Å². The minimum absolute atomic E-state index is 0.251. The summed E-state index contributed by atoms with van der Waals surface area (Å²) in [5.74, 6) is 0.768. The monoisotopic (exact) mass is 763 g/mol. The van der Waals surface area contributed by atoms with Crippen LogP contribution in [0.3, 0.4) is 0 Å². The first-order valence-corrected chi connectivity index (χ1v) is 20.1. The van der Waals surface area contributed by atoms with Crippen molar-refractivity contribution in [3.8, 4) is 45.5 Å². The van der Waals surface area contributed by atoms with E-state index < -0.39 is 5.82 Å². The Morgan fingerprint density at radius 2 is 0.759 bits per heavy atom. The molecule has 0 N–H and O–H groups in total. The molecule has 4 heterocycles. The van der Waals surface area contributed by atoms with Crippen LogP contribution in [0.1, 0.15) is 0 Å². The quantitative estimate of drug-likeness (QED) is 0.175. The van der Waals surface area contributed by atoms with E-state index in [2.05, 4.69) is 94.1 Å². The van der Waals surface area contributed by atoms with E-state index in [1.807, 2.05) is 97.1 Å². The second-order valence-electron chi connectivity index (χ2n) is 14.5. The van der Waals surface area contributed by atoms with E-state index in [4.69, 9.17) is 15.0 Å². The maximum Gasteiger partial charge on any atom is 0.169 e. The molecule has 0 saturated carbocycles. The number of nitrogens with zero attached hydrogens (tertiary/aromatic N) is 5. The van der Waals surface area contributed by atoms with Crippen molar-refractivity contribution >= 4 is 75.1 Å². The number of halogens is 1. The SMILES string of the molecule is Fc1c(-c2nc(-c3ccccc3)nc(-c3ccccc3)n2)c(-n2c3ccccc3c3ccccc32)c2c(sc3ccccc32)c1-n1c2ccccc2c2ccccc21. The van der Waals surface area contributed by atoms with E-state index >= 15 is 4.39 Å². The Morgan fingerprint density at radius 1 is 0.379 bits per heavy atom. The zero-order chi connectivity index (χ0) is 38.3. The zero-order valence-corrected chi connectivity index (χ0v) is 31.7. The molecular formula is C51H30FN5S. The number of benzene rings is 8. The molecule has 272 valence electrons. The summed E-state index contributed by atoms with van der Waals surface area (Å²) in [7, 11) is 0. The predicted molar refractivity (Wildman–Crippen MR) is 238 cm³/mol. The largest absolute Gasteiger partial charge is 0.308 e. The van der Waals surface area contributed by atoms with Crippen LogP contribution in [-0.4, -0.2) is 24.1 Å². The van der Waals surface area contributed by atoms with Crippen LogP contribution in [0.4, 0.5) is 4.39 Å². The highest BCUT2D eigenvalue weighted by Crippen LogP contribution is 2.50. The molecule has 0 saturated heterocycles. The molecule has 0 aliphatic rings. The minimum Gasteiger partial charge on any atom is -0.308 e. The van der Waals surface area contributed by atoms with Crippen LogP contribution in [0.15, 0.2) is 182 Å². The van der Waals surface area contributed by atoms with Crippen LogP contribution in [0, 0.1) is 5.82 Å². The van der Waals surface area contributed by atoms with Gasteiger partial charge in [0.2, 0.25) is 0 Å². The summed E-state index contributed by atoms with van der Waals surface area (Å²) in [6, 6.07) is 61.4. The van der Waals surface area contributed by atoms with E-state index in [1.165, 1.54) is 0 Å². The number of hydrogen-bond donors (Lipinski definition) is 0. The fourth-order valence-electron chi connectivity index (χ4n) is 8.77. The summed E-state index contributed by atoms with van der Waals surface area (Å²) in [6.07, 6.45) is 0. The average molecular weight is 764 g/mol. The standard InChI is InChI=1S/C51H30FN5S/c52-45-44(51-54-49(31-17-3-1-4-18-31)53-50(55-51)32-19-5-2-6-20-32)46(56-38-26-12-7-21-33(38)34-22-8-13-27-39(34)56)43-37-25-11-16-30-42(37)58-48(43)47(45)57-40-28-14-9-23-35(40)36-24-10-15-29-41(36)57/h1-30H. The Kier molecular flexibility index (Phi) is 7.21. The third kappa shape index (κ3) is 4.77. The Bertz CT molecular complexity index is 3420. The molecule has 8 aromatic carbocycles. The van der Waals surface area contributed by atoms with Gasteiger partial charge in [0.05, 0.1) is 38.0 Å². The van der Waals surface area contributed by atoms with Crippen molar-refractivity contribution in [2.24, 2.45) is 0 Å². The summed E-state index contributed by atoms with van der Waals surface area (Å²) in [4.78, 5) is 15.5. The van der Waals surface area contributed by atoms with E-state index in [0.717, 1.165) is 74.9 Å². The van der Waals surface area contributed by atoms with Gasteiger partial charge >= 0.3 is 0 Å². The van der Waals surface area contributed by atoms with Gasteiger partial charge in [-0.05, 0) is 30.3 Å². The molecule has 12 rings (SSSR count). The number of hydrogen-bond acceptors (Lipinski definition) is 4. The summed E-state index contributed by atoms with van der Waals surface area (Å²) in [5, 5.41) is 6.23. The lowest BCUT2D eigenvalue weighted by molar-refractivity contribution is 0.625. The van der Waals surface area contributed by atoms with Crippen molar-refractivity contribution in [3.63, 3.8) is 0 Å². The molecule has 0 fully saturated rings. The minimum atomic E-state index is -0.411. The Balaban J connectivity index is 1.34. The molecule has 0 amide bonds. The summed E-state index contributed by atoms with van der Waals surface area (Å²) in [6.45, 7) is 0. The predicted octanol–water partition coefficient (Wildman–Crippen LogP) is 13.6. The van der Waals surface area contributed by atoms with Crippen molar-refractivity contribution in [2.75, 3.05) is 0 Å². The van der Waals surface area contributed by atoms with Crippen LogP contribution in [0.2, 0.25) is 0 Å². The van der Waals surface area contributed by atoms with Gasteiger partial charge in [0.1, 0.15) is 5.69 Å². The molecule has 58 heavy (non-hydrogen) atoms. The fourth-order valence-corrected chi connectivity index (χ4v) is 10.0. The zero-order valence-electron chi connectivity index (χ0n) is 30.8. The molecule has 0 bridgehead atoms. The van der Waals surface area contributed by atoms with Crippen molar-refractivity contribution in [2.45, 2.75) is 0 Å². The van der Waals surface area contributed by atoms with Crippen LogP contribution >= 0.6 is 11.3 Å². The Morgan fingerprint density at radius 3 is 1.24 bits per heavy atom. The molecule has 5 nitrogen and oxygen atoms in total. The number of para-hydroxylation sites is 4. The van der Waals surface area contributed by atoms with Gasteiger partial charge in [-0.3, -0.25) is 0 Å². The highest BCUT2D eigenvalue weighted by molar-refractivity contribution is 7.26. The number of aromatic nitrogens is 5. The highest BCUT2D eigenvalue weighted by Gasteiger charge is 2.31. The van der Waals surface area contributed by atoms with Crippen LogP contribution in [-0.2, 0) is 0 Å². The maximum atomic E-state index is 19.2. The van der Waals surface area contributed by atoms with E-state index in [0.29, 0.717) is 28.6 Å². The lowest BCUT2D eigenvalue weighted by atomic mass is 10.0. The molecule has 0 aliphatic carbocycles. The summed E-state index contributed by atoms with van der Waals surface area (Å²) in [5.41, 5.74) is 6.85. The molecule has 0 radical (unpaired) electrons. The molecule has 0 aliphatic heterocycles. The van der Waals surface area contributed by atoms with Gasteiger partial charge < -0.3 is 9.13 Å². The van der Waals surface area contributed by atoms with Gasteiger partial charge in [0.25, 0.3) is 0 Å². The van der Waals surface area contributed by atoms with E-state index in [9.17, 15) is 0 Å². The first-order valence-electron chi connectivity index (χ1n) is 19.2. The average Bonchev–Trinajstić information content (AvgIpc) is 3.95. The van der Waals surface area contributed by atoms with Gasteiger partial charge in [0, 0.05) is 48.1 Å². The van der Waals surface area contributed by atoms with Crippen molar-refractivity contribution in [1.29, 1.82) is 0 Å². The molecule has 0 atom stereocenters. The van der Waals surface area contributed by atoms with Crippen molar-refractivity contribution in [3.05, 3.63) is 188 Å². The van der Waals surface area contributed by atoms with E-state index in [-0.39, 0.29) is 5.82 Å². The molecule has 0 spiro atoms. The smallest absolute Gasteiger partial charge is 0.169 e. The van der Waals surface area contributed by atoms with Crippen LogP contribution in [0.25, 0.3) is 109 Å². The van der Waals surface area contributed by atoms with Crippen LogP contribution in [0.5, 0.6) is 0 Å². The second kappa shape index (κ2) is 12.8. The third-order valence-corrected chi connectivity index (χ3v) is 12.4. The first kappa shape index (κ1) is 32.7. The number of thiophene rings is 1. The molecule has 7 heteroatoms. The van der Waals surface area contributed by atoms with Crippen molar-refractivity contribution < 1.29 is 4.39 Å². The van der Waals surface area contributed by atoms with E-state index in [1.54, 1.807) is 11.3 Å². The lowest BCUT2D eigenvalue weighted by Crippen LogP contribution is -2.09.